The van der Waals surface area contributed by atoms with E-state index in [9.17, 15) is 0 Å². The van der Waals surface area contributed by atoms with Crippen LogP contribution in [0.4, 0.5) is 0 Å². The van der Waals surface area contributed by atoms with Gasteiger partial charge in [-0.25, -0.2) is 0 Å². The molecule has 0 N–H and O–H groups in total. The van der Waals surface area contributed by atoms with Crippen molar-refractivity contribution in [2.75, 3.05) is 0 Å². The topological polar surface area (TPSA) is 8.81 Å². The van der Waals surface area contributed by atoms with E-state index in [0.717, 1.165) is 0 Å². The minimum atomic E-state index is 1.18. The second kappa shape index (κ2) is 4.49. The predicted molar refractivity (Wildman–Crippen MR) is 72.0 cm³/mol. The zero-order valence-electron chi connectivity index (χ0n) is 10.3. The Balaban J connectivity index is 2.09. The molecule has 0 atom stereocenters. The van der Waals surface area contributed by atoms with E-state index in [4.69, 9.17) is 0 Å². The molecule has 2 aromatic carbocycles. The first kappa shape index (κ1) is 10.8. The molecule has 1 aromatic heterocycles. The third-order valence-electron chi connectivity index (χ3n) is 3.13. The van der Waals surface area contributed by atoms with E-state index in [1.165, 1.54) is 17.2 Å². The van der Waals surface area contributed by atoms with Gasteiger partial charge >= 0.3 is 0 Å². The third-order valence-corrected chi connectivity index (χ3v) is 3.13. The molecule has 0 aliphatic heterocycles. The SMILES string of the molecule is Cc1n(-c2ccccc2)cc[n+]1-c1ccccc1. The predicted octanol–water partition coefficient (Wildman–Crippen LogP) is 3.06. The summed E-state index contributed by atoms with van der Waals surface area (Å²) < 4.78 is 4.38. The summed E-state index contributed by atoms with van der Waals surface area (Å²) in [4.78, 5) is 0. The highest BCUT2D eigenvalue weighted by molar-refractivity contribution is 5.32. The van der Waals surface area contributed by atoms with Crippen LogP contribution in [0.5, 0.6) is 0 Å². The van der Waals surface area contributed by atoms with Crippen molar-refractivity contribution in [1.29, 1.82) is 0 Å². The summed E-state index contributed by atoms with van der Waals surface area (Å²) in [6, 6.07) is 20.8. The minimum absolute atomic E-state index is 1.18. The van der Waals surface area contributed by atoms with Crippen molar-refractivity contribution in [1.82, 2.24) is 4.57 Å². The van der Waals surface area contributed by atoms with Crippen LogP contribution in [0.3, 0.4) is 0 Å². The number of rotatable bonds is 2. The van der Waals surface area contributed by atoms with Crippen molar-refractivity contribution in [3.05, 3.63) is 78.9 Å². The summed E-state index contributed by atoms with van der Waals surface area (Å²) >= 11 is 0. The Hall–Kier alpha value is -2.35. The summed E-state index contributed by atoms with van der Waals surface area (Å²) in [6.07, 6.45) is 4.19. The molecule has 0 spiro atoms. The monoisotopic (exact) mass is 235 g/mol. The Morgan fingerprint density at radius 3 is 2.11 bits per heavy atom. The van der Waals surface area contributed by atoms with Gasteiger partial charge in [-0.05, 0) is 24.3 Å². The van der Waals surface area contributed by atoms with Crippen LogP contribution < -0.4 is 4.57 Å². The lowest BCUT2D eigenvalue weighted by Crippen LogP contribution is -2.32. The van der Waals surface area contributed by atoms with E-state index in [0.29, 0.717) is 0 Å². The van der Waals surface area contributed by atoms with Gasteiger partial charge in [-0.2, -0.15) is 9.13 Å². The lowest BCUT2D eigenvalue weighted by Gasteiger charge is -2.00. The van der Waals surface area contributed by atoms with Crippen molar-refractivity contribution in [3.8, 4) is 11.4 Å². The molecule has 0 saturated carbocycles. The summed E-state index contributed by atoms with van der Waals surface area (Å²) in [5, 5.41) is 0. The summed E-state index contributed by atoms with van der Waals surface area (Å²) in [7, 11) is 0. The molecule has 0 bridgehead atoms. The van der Waals surface area contributed by atoms with Gasteiger partial charge in [0.25, 0.3) is 5.82 Å². The number of aromatic nitrogens is 2. The average molecular weight is 235 g/mol. The first-order chi connectivity index (χ1) is 8.86. The number of nitrogens with zero attached hydrogens (tertiary/aromatic N) is 2. The van der Waals surface area contributed by atoms with Crippen LogP contribution in [-0.4, -0.2) is 4.57 Å². The van der Waals surface area contributed by atoms with Crippen molar-refractivity contribution >= 4 is 0 Å². The first-order valence-electron chi connectivity index (χ1n) is 6.07. The standard InChI is InChI=1S/C16H15N2/c1-14-17(15-8-4-2-5-9-15)12-13-18(14)16-10-6-3-7-11-16/h2-13H,1H3/q+1. The molecular formula is C16H15N2+. The van der Waals surface area contributed by atoms with E-state index >= 15 is 0 Å². The van der Waals surface area contributed by atoms with Gasteiger partial charge < -0.3 is 0 Å². The van der Waals surface area contributed by atoms with Gasteiger partial charge in [0.05, 0.1) is 0 Å². The Labute approximate surface area is 107 Å². The van der Waals surface area contributed by atoms with Gasteiger partial charge in [0.15, 0.2) is 0 Å². The largest absolute Gasteiger partial charge is 0.263 e. The Morgan fingerprint density at radius 2 is 1.44 bits per heavy atom. The van der Waals surface area contributed by atoms with Crippen LogP contribution in [0.25, 0.3) is 11.4 Å². The Kier molecular flexibility index (Phi) is 2.69. The van der Waals surface area contributed by atoms with Crippen molar-refractivity contribution in [2.24, 2.45) is 0 Å². The quantitative estimate of drug-likeness (QED) is 0.604. The molecular weight excluding hydrogens is 220 g/mol. The molecule has 0 saturated heterocycles. The second-order valence-electron chi connectivity index (χ2n) is 4.26. The molecule has 18 heavy (non-hydrogen) atoms. The number of hydrogen-bond donors (Lipinski definition) is 0. The molecule has 0 radical (unpaired) electrons. The molecule has 2 nitrogen and oxygen atoms in total. The fourth-order valence-electron chi connectivity index (χ4n) is 2.19. The number of para-hydroxylation sites is 2. The maximum absolute atomic E-state index is 2.19. The molecule has 0 fully saturated rings. The molecule has 3 rings (SSSR count). The van der Waals surface area contributed by atoms with Gasteiger partial charge in [-0.3, -0.25) is 0 Å². The van der Waals surface area contributed by atoms with Crippen LogP contribution in [0.1, 0.15) is 5.82 Å². The van der Waals surface area contributed by atoms with Crippen molar-refractivity contribution < 1.29 is 4.57 Å². The van der Waals surface area contributed by atoms with Crippen LogP contribution in [0.15, 0.2) is 73.1 Å². The molecule has 0 aliphatic rings. The maximum Gasteiger partial charge on any atom is 0.263 e. The van der Waals surface area contributed by atoms with Gasteiger partial charge in [0, 0.05) is 6.92 Å². The van der Waals surface area contributed by atoms with Gasteiger partial charge in [-0.15, -0.1) is 0 Å². The van der Waals surface area contributed by atoms with E-state index in [2.05, 4.69) is 77.0 Å². The lowest BCUT2D eigenvalue weighted by molar-refractivity contribution is -0.601. The zero-order chi connectivity index (χ0) is 12.4. The van der Waals surface area contributed by atoms with E-state index in [1.54, 1.807) is 0 Å². The normalized spacial score (nSPS) is 10.5. The van der Waals surface area contributed by atoms with Crippen LogP contribution in [-0.2, 0) is 0 Å². The maximum atomic E-state index is 2.19. The zero-order valence-corrected chi connectivity index (χ0v) is 10.3. The molecule has 3 aromatic rings. The fraction of sp³-hybridized carbons (Fsp3) is 0.0625. The van der Waals surface area contributed by atoms with Gasteiger partial charge in [0.1, 0.15) is 23.8 Å². The molecule has 0 amide bonds. The molecule has 0 unspecified atom stereocenters. The molecule has 1 heterocycles. The second-order valence-corrected chi connectivity index (χ2v) is 4.26. The number of hydrogen-bond acceptors (Lipinski definition) is 0. The fourth-order valence-corrected chi connectivity index (χ4v) is 2.19. The van der Waals surface area contributed by atoms with Gasteiger partial charge in [0.2, 0.25) is 0 Å². The van der Waals surface area contributed by atoms with Crippen LogP contribution in [0.2, 0.25) is 0 Å². The van der Waals surface area contributed by atoms with Gasteiger partial charge in [-0.1, -0.05) is 36.4 Å². The molecule has 2 heteroatoms. The number of imidazole rings is 1. The van der Waals surface area contributed by atoms with Crippen LogP contribution >= 0.6 is 0 Å². The Morgan fingerprint density at radius 1 is 0.833 bits per heavy atom. The highest BCUT2D eigenvalue weighted by Crippen LogP contribution is 2.10. The van der Waals surface area contributed by atoms with E-state index in [1.807, 2.05) is 12.1 Å². The molecule has 0 aliphatic carbocycles. The van der Waals surface area contributed by atoms with Crippen molar-refractivity contribution in [3.63, 3.8) is 0 Å². The highest BCUT2D eigenvalue weighted by Gasteiger charge is 2.14. The first-order valence-corrected chi connectivity index (χ1v) is 6.07. The van der Waals surface area contributed by atoms with E-state index in [-0.39, 0.29) is 0 Å². The summed E-state index contributed by atoms with van der Waals surface area (Å²) in [5.41, 5.74) is 2.37. The average Bonchev–Trinajstić information content (AvgIpc) is 2.83. The third kappa shape index (κ3) is 1.82. The highest BCUT2D eigenvalue weighted by atomic mass is 15.1. The summed E-state index contributed by atoms with van der Waals surface area (Å²) in [5.74, 6) is 1.19. The summed E-state index contributed by atoms with van der Waals surface area (Å²) in [6.45, 7) is 2.12. The Bertz CT molecular complexity index is 582. The van der Waals surface area contributed by atoms with Crippen molar-refractivity contribution in [2.45, 2.75) is 6.92 Å². The lowest BCUT2D eigenvalue weighted by atomic mass is 10.3. The molecule has 88 valence electrons. The minimum Gasteiger partial charge on any atom is -0.200 e. The smallest absolute Gasteiger partial charge is 0.200 e. The number of benzene rings is 2. The van der Waals surface area contributed by atoms with E-state index < -0.39 is 0 Å². The van der Waals surface area contributed by atoms with Crippen LogP contribution in [0, 0.1) is 6.92 Å².